The largest absolute Gasteiger partial charge is 0.370 e. The Labute approximate surface area is 120 Å². The Balaban J connectivity index is 1.95. The monoisotopic (exact) mass is 299 g/mol. The van der Waals surface area contributed by atoms with Crippen LogP contribution in [-0.2, 0) is 10.5 Å². The van der Waals surface area contributed by atoms with E-state index < -0.39 is 0 Å². The highest BCUT2D eigenvalue weighted by Crippen LogP contribution is 2.24. The number of nitrogens with two attached hydrogens (primary N) is 1. The van der Waals surface area contributed by atoms with Crippen LogP contribution in [0.2, 0.25) is 5.02 Å². The van der Waals surface area contributed by atoms with Gasteiger partial charge in [0.25, 0.3) is 5.89 Å². The summed E-state index contributed by atoms with van der Waals surface area (Å²) in [4.78, 5) is 5.35. The number of halogens is 1. The average molecular weight is 300 g/mol. The zero-order valence-electron chi connectivity index (χ0n) is 10.4. The smallest absolute Gasteiger partial charge is 0.257 e. The lowest BCUT2D eigenvalue weighted by atomic mass is 10.3. The zero-order valence-corrected chi connectivity index (χ0v) is 11.9. The molecule has 2 rings (SSSR count). The van der Waals surface area contributed by atoms with Gasteiger partial charge in [-0.1, -0.05) is 16.8 Å². The third-order valence-electron chi connectivity index (χ3n) is 2.44. The molecule has 0 saturated heterocycles. The van der Waals surface area contributed by atoms with Crippen LogP contribution in [0.15, 0.2) is 33.7 Å². The van der Waals surface area contributed by atoms with Crippen molar-refractivity contribution in [3.05, 3.63) is 41.0 Å². The predicted octanol–water partition coefficient (Wildman–Crippen LogP) is 2.66. The van der Waals surface area contributed by atoms with Crippen LogP contribution >= 0.6 is 23.4 Å². The van der Waals surface area contributed by atoms with Crippen LogP contribution in [0.5, 0.6) is 0 Å². The second kappa shape index (κ2) is 6.91. The van der Waals surface area contributed by atoms with Gasteiger partial charge in [0, 0.05) is 23.6 Å². The number of thioether (sulfide) groups is 1. The zero-order chi connectivity index (χ0) is 13.7. The van der Waals surface area contributed by atoms with E-state index in [9.17, 15) is 0 Å². The summed E-state index contributed by atoms with van der Waals surface area (Å²) in [6.07, 6.45) is -0.346. The summed E-state index contributed by atoms with van der Waals surface area (Å²) in [5.41, 5.74) is 5.53. The van der Waals surface area contributed by atoms with Gasteiger partial charge in [-0.05, 0) is 24.3 Å². The molecule has 0 aliphatic carbocycles. The van der Waals surface area contributed by atoms with Crippen LogP contribution in [0.1, 0.15) is 17.8 Å². The Hall–Kier alpha value is -1.08. The van der Waals surface area contributed by atoms with E-state index in [1.165, 1.54) is 0 Å². The quantitative estimate of drug-likeness (QED) is 0.827. The van der Waals surface area contributed by atoms with Crippen molar-refractivity contribution in [3.8, 4) is 0 Å². The van der Waals surface area contributed by atoms with Crippen LogP contribution in [-0.4, -0.2) is 23.8 Å². The predicted molar refractivity (Wildman–Crippen MR) is 74.1 cm³/mol. The Bertz CT molecular complexity index is 514. The Morgan fingerprint density at radius 3 is 2.79 bits per heavy atom. The van der Waals surface area contributed by atoms with Gasteiger partial charge in [0.2, 0.25) is 0 Å². The van der Waals surface area contributed by atoms with Gasteiger partial charge in [-0.25, -0.2) is 0 Å². The number of methoxy groups -OCH3 is 1. The fourth-order valence-electron chi connectivity index (χ4n) is 1.43. The van der Waals surface area contributed by atoms with Crippen LogP contribution in [0, 0.1) is 0 Å². The van der Waals surface area contributed by atoms with Crippen molar-refractivity contribution in [2.24, 2.45) is 5.73 Å². The number of rotatable bonds is 6. The SMILES string of the molecule is COC(CN)c1nc(CSc2ccc(Cl)cc2)no1. The van der Waals surface area contributed by atoms with Crippen molar-refractivity contribution < 1.29 is 9.26 Å². The van der Waals surface area contributed by atoms with E-state index in [2.05, 4.69) is 10.1 Å². The van der Waals surface area contributed by atoms with Gasteiger partial charge in [-0.3, -0.25) is 0 Å². The van der Waals surface area contributed by atoms with Gasteiger partial charge in [-0.2, -0.15) is 4.98 Å². The lowest BCUT2D eigenvalue weighted by molar-refractivity contribution is 0.0804. The summed E-state index contributed by atoms with van der Waals surface area (Å²) in [5, 5.41) is 4.62. The molecule has 1 aromatic heterocycles. The number of ether oxygens (including phenoxy) is 1. The molecular formula is C12H14ClN3O2S. The summed E-state index contributed by atoms with van der Waals surface area (Å²) >= 11 is 7.43. The number of aromatic nitrogens is 2. The van der Waals surface area contributed by atoms with Crippen LogP contribution in [0.25, 0.3) is 0 Å². The highest BCUT2D eigenvalue weighted by atomic mass is 35.5. The summed E-state index contributed by atoms with van der Waals surface area (Å²) in [7, 11) is 1.56. The maximum Gasteiger partial charge on any atom is 0.257 e. The molecule has 2 N–H and O–H groups in total. The Morgan fingerprint density at radius 2 is 2.16 bits per heavy atom. The van der Waals surface area contributed by atoms with E-state index in [0.29, 0.717) is 24.0 Å². The molecule has 0 aliphatic heterocycles. The molecule has 0 fully saturated rings. The van der Waals surface area contributed by atoms with E-state index in [1.54, 1.807) is 18.9 Å². The van der Waals surface area contributed by atoms with Gasteiger partial charge in [0.05, 0.1) is 5.75 Å². The molecule has 1 atom stereocenters. The van der Waals surface area contributed by atoms with E-state index in [0.717, 1.165) is 9.92 Å². The molecule has 1 heterocycles. The summed E-state index contributed by atoms with van der Waals surface area (Å²) < 4.78 is 10.2. The van der Waals surface area contributed by atoms with Crippen LogP contribution in [0.4, 0.5) is 0 Å². The average Bonchev–Trinajstić information content (AvgIpc) is 2.88. The molecule has 0 bridgehead atoms. The molecule has 19 heavy (non-hydrogen) atoms. The van der Waals surface area contributed by atoms with Gasteiger partial charge in [-0.15, -0.1) is 11.8 Å². The standard InChI is InChI=1S/C12H14ClN3O2S/c1-17-10(6-14)12-15-11(16-18-12)7-19-9-4-2-8(13)3-5-9/h2-5,10H,6-7,14H2,1H3. The van der Waals surface area contributed by atoms with Crippen molar-refractivity contribution in [1.29, 1.82) is 0 Å². The molecule has 0 saturated carbocycles. The van der Waals surface area contributed by atoms with E-state index in [4.69, 9.17) is 26.6 Å². The van der Waals surface area contributed by atoms with Crippen molar-refractivity contribution in [2.75, 3.05) is 13.7 Å². The van der Waals surface area contributed by atoms with Gasteiger partial charge in [0.15, 0.2) is 5.82 Å². The molecule has 0 aliphatic rings. The molecule has 0 amide bonds. The van der Waals surface area contributed by atoms with Gasteiger partial charge in [0.1, 0.15) is 6.10 Å². The second-order valence-electron chi connectivity index (χ2n) is 3.75. The number of hydrogen-bond acceptors (Lipinski definition) is 6. The van der Waals surface area contributed by atoms with Gasteiger partial charge >= 0.3 is 0 Å². The lowest BCUT2D eigenvalue weighted by Crippen LogP contribution is -2.14. The Morgan fingerprint density at radius 1 is 1.42 bits per heavy atom. The lowest BCUT2D eigenvalue weighted by Gasteiger charge is -2.05. The number of benzene rings is 1. The summed E-state index contributed by atoms with van der Waals surface area (Å²) in [5.74, 6) is 1.65. The highest BCUT2D eigenvalue weighted by molar-refractivity contribution is 7.98. The van der Waals surface area contributed by atoms with E-state index in [1.807, 2.05) is 24.3 Å². The molecule has 0 radical (unpaired) electrons. The molecular weight excluding hydrogens is 286 g/mol. The third-order valence-corrected chi connectivity index (χ3v) is 3.70. The molecule has 102 valence electrons. The first-order chi connectivity index (χ1) is 9.22. The second-order valence-corrected chi connectivity index (χ2v) is 5.24. The normalized spacial score (nSPS) is 12.6. The Kier molecular flexibility index (Phi) is 5.21. The highest BCUT2D eigenvalue weighted by Gasteiger charge is 2.16. The fourth-order valence-corrected chi connectivity index (χ4v) is 2.30. The van der Waals surface area contributed by atoms with E-state index >= 15 is 0 Å². The molecule has 0 spiro atoms. The first-order valence-corrected chi connectivity index (χ1v) is 7.03. The number of hydrogen-bond donors (Lipinski definition) is 1. The first kappa shape index (κ1) is 14.3. The van der Waals surface area contributed by atoms with Crippen LogP contribution < -0.4 is 5.73 Å². The van der Waals surface area contributed by atoms with Crippen molar-refractivity contribution in [3.63, 3.8) is 0 Å². The topological polar surface area (TPSA) is 74.2 Å². The molecule has 1 unspecified atom stereocenters. The van der Waals surface area contributed by atoms with Crippen LogP contribution in [0.3, 0.4) is 0 Å². The van der Waals surface area contributed by atoms with Crippen molar-refractivity contribution in [2.45, 2.75) is 16.8 Å². The molecule has 7 heteroatoms. The van der Waals surface area contributed by atoms with Crippen molar-refractivity contribution >= 4 is 23.4 Å². The number of nitrogens with zero attached hydrogens (tertiary/aromatic N) is 2. The molecule has 1 aromatic carbocycles. The van der Waals surface area contributed by atoms with Crippen molar-refractivity contribution in [1.82, 2.24) is 10.1 Å². The summed E-state index contributed by atoms with van der Waals surface area (Å²) in [6.45, 7) is 0.308. The minimum absolute atomic E-state index is 0.308. The fraction of sp³-hybridized carbons (Fsp3) is 0.333. The third kappa shape index (κ3) is 3.94. The minimum Gasteiger partial charge on any atom is -0.370 e. The first-order valence-electron chi connectivity index (χ1n) is 5.66. The molecule has 5 nitrogen and oxygen atoms in total. The minimum atomic E-state index is -0.346. The van der Waals surface area contributed by atoms with E-state index in [-0.39, 0.29) is 6.10 Å². The van der Waals surface area contributed by atoms with Gasteiger partial charge < -0.3 is 15.0 Å². The summed E-state index contributed by atoms with van der Waals surface area (Å²) in [6, 6.07) is 7.60. The maximum absolute atomic E-state index is 5.82. The maximum atomic E-state index is 5.82. The molecule has 2 aromatic rings.